The molecular weight excluding hydrogens is 240 g/mol. The smallest absolute Gasteiger partial charge is 0.277 e. The van der Waals surface area contributed by atoms with Crippen molar-refractivity contribution in [1.82, 2.24) is 10.2 Å². The summed E-state index contributed by atoms with van der Waals surface area (Å²) in [7, 11) is 0. The third kappa shape index (κ3) is 2.46. The molecule has 94 valence electrons. The molecule has 0 bridgehead atoms. The van der Waals surface area contributed by atoms with Crippen molar-refractivity contribution in [2.75, 3.05) is 6.26 Å². The summed E-state index contributed by atoms with van der Waals surface area (Å²) in [5.74, 6) is -0.850. The Hall–Kier alpha value is -1.04. The molecule has 1 aliphatic heterocycles. The van der Waals surface area contributed by atoms with E-state index in [1.807, 2.05) is 6.26 Å². The Labute approximate surface area is 104 Å². The van der Waals surface area contributed by atoms with Crippen molar-refractivity contribution in [2.45, 2.75) is 43.4 Å². The number of nitrogens with zero attached hydrogens (tertiary/aromatic N) is 1. The number of nitrogens with one attached hydrogen (secondary N) is 1. The second-order valence-corrected chi connectivity index (χ2v) is 5.50. The molecule has 2 aliphatic rings. The minimum Gasteiger partial charge on any atom is -0.277 e. The van der Waals surface area contributed by atoms with E-state index in [-0.39, 0.29) is 18.4 Å². The number of thioether (sulfide) groups is 1. The highest BCUT2D eigenvalue weighted by molar-refractivity contribution is 7.99. The van der Waals surface area contributed by atoms with Gasteiger partial charge in [-0.25, -0.2) is 4.79 Å². The van der Waals surface area contributed by atoms with Gasteiger partial charge in [0.15, 0.2) is 0 Å². The van der Waals surface area contributed by atoms with Crippen LogP contribution < -0.4 is 5.32 Å². The van der Waals surface area contributed by atoms with Gasteiger partial charge in [0.1, 0.15) is 6.42 Å². The van der Waals surface area contributed by atoms with Gasteiger partial charge in [-0.15, -0.1) is 0 Å². The second kappa shape index (κ2) is 5.08. The molecule has 2 fully saturated rings. The van der Waals surface area contributed by atoms with Gasteiger partial charge in [0.05, 0.1) is 6.04 Å². The van der Waals surface area contributed by atoms with Crippen LogP contribution in [0, 0.1) is 0 Å². The third-order valence-corrected chi connectivity index (χ3v) is 4.50. The van der Waals surface area contributed by atoms with Gasteiger partial charge in [-0.1, -0.05) is 12.8 Å². The van der Waals surface area contributed by atoms with Gasteiger partial charge >= 0.3 is 6.03 Å². The SMILES string of the molecule is CSC1CCCCC1N1C(=O)CC(=O)NC1=O. The lowest BCUT2D eigenvalue weighted by Gasteiger charge is -2.39. The summed E-state index contributed by atoms with van der Waals surface area (Å²) >= 11 is 1.69. The average Bonchev–Trinajstić information content (AvgIpc) is 2.28. The zero-order valence-corrected chi connectivity index (χ0v) is 10.6. The maximum absolute atomic E-state index is 11.8. The van der Waals surface area contributed by atoms with Crippen LogP contribution in [-0.2, 0) is 9.59 Å². The molecule has 6 heteroatoms. The molecule has 1 N–H and O–H groups in total. The van der Waals surface area contributed by atoms with Crippen LogP contribution in [0.25, 0.3) is 0 Å². The number of hydrogen-bond acceptors (Lipinski definition) is 4. The topological polar surface area (TPSA) is 66.5 Å². The number of barbiturate groups is 1. The summed E-state index contributed by atoms with van der Waals surface area (Å²) in [6.45, 7) is 0. The normalized spacial score (nSPS) is 30.4. The van der Waals surface area contributed by atoms with Gasteiger partial charge in [0, 0.05) is 5.25 Å². The predicted molar refractivity (Wildman–Crippen MR) is 64.6 cm³/mol. The summed E-state index contributed by atoms with van der Waals surface area (Å²) in [5.41, 5.74) is 0. The maximum atomic E-state index is 11.8. The minimum absolute atomic E-state index is 0.0562. The Morgan fingerprint density at radius 1 is 1.24 bits per heavy atom. The van der Waals surface area contributed by atoms with Crippen molar-refractivity contribution in [3.63, 3.8) is 0 Å². The zero-order chi connectivity index (χ0) is 12.4. The van der Waals surface area contributed by atoms with Crippen LogP contribution in [0.5, 0.6) is 0 Å². The fourth-order valence-electron chi connectivity index (χ4n) is 2.54. The molecule has 0 spiro atoms. The van der Waals surface area contributed by atoms with E-state index < -0.39 is 11.9 Å². The molecule has 1 aliphatic carbocycles. The highest BCUT2D eigenvalue weighted by Gasteiger charge is 2.40. The summed E-state index contributed by atoms with van der Waals surface area (Å²) in [4.78, 5) is 35.9. The van der Waals surface area contributed by atoms with E-state index in [0.29, 0.717) is 5.25 Å². The molecule has 0 aromatic rings. The standard InChI is InChI=1S/C11H16N2O3S/c1-17-8-5-3-2-4-7(8)13-10(15)6-9(14)12-11(13)16/h7-8H,2-6H2,1H3,(H,12,14,16). The molecule has 1 saturated carbocycles. The van der Waals surface area contributed by atoms with Gasteiger partial charge in [-0.2, -0.15) is 11.8 Å². The van der Waals surface area contributed by atoms with Crippen LogP contribution in [-0.4, -0.2) is 40.3 Å². The van der Waals surface area contributed by atoms with Gasteiger partial charge in [-0.05, 0) is 19.1 Å². The van der Waals surface area contributed by atoms with Crippen molar-refractivity contribution < 1.29 is 14.4 Å². The lowest BCUT2D eigenvalue weighted by Crippen LogP contribution is -2.59. The molecule has 5 nitrogen and oxygen atoms in total. The lowest BCUT2D eigenvalue weighted by atomic mass is 9.93. The number of hydrogen-bond donors (Lipinski definition) is 1. The van der Waals surface area contributed by atoms with Crippen LogP contribution in [0.4, 0.5) is 4.79 Å². The number of carbonyl (C=O) groups is 3. The Morgan fingerprint density at radius 3 is 2.59 bits per heavy atom. The van der Waals surface area contributed by atoms with E-state index >= 15 is 0 Å². The van der Waals surface area contributed by atoms with Crippen LogP contribution in [0.1, 0.15) is 32.1 Å². The maximum Gasteiger partial charge on any atom is 0.331 e. The van der Waals surface area contributed by atoms with Crippen molar-refractivity contribution in [1.29, 1.82) is 0 Å². The largest absolute Gasteiger partial charge is 0.331 e. The van der Waals surface area contributed by atoms with E-state index in [9.17, 15) is 14.4 Å². The summed E-state index contributed by atoms with van der Waals surface area (Å²) in [6, 6.07) is -0.600. The van der Waals surface area contributed by atoms with Gasteiger partial charge in [-0.3, -0.25) is 19.8 Å². The van der Waals surface area contributed by atoms with E-state index in [1.54, 1.807) is 11.8 Å². The van der Waals surface area contributed by atoms with Crippen molar-refractivity contribution in [2.24, 2.45) is 0 Å². The molecule has 0 aromatic heterocycles. The predicted octanol–water partition coefficient (Wildman–Crippen LogP) is 1.13. The highest BCUT2D eigenvalue weighted by atomic mass is 32.2. The van der Waals surface area contributed by atoms with Crippen molar-refractivity contribution in [3.8, 4) is 0 Å². The number of amides is 4. The molecule has 4 amide bonds. The first-order chi connectivity index (χ1) is 8.13. The summed E-state index contributed by atoms with van der Waals surface area (Å²) < 4.78 is 0. The highest BCUT2D eigenvalue weighted by Crippen LogP contribution is 2.31. The first-order valence-corrected chi connectivity index (χ1v) is 7.11. The van der Waals surface area contributed by atoms with Crippen LogP contribution >= 0.6 is 11.8 Å². The van der Waals surface area contributed by atoms with Crippen molar-refractivity contribution in [3.05, 3.63) is 0 Å². The molecule has 1 saturated heterocycles. The molecular formula is C11H16N2O3S. The summed E-state index contributed by atoms with van der Waals surface area (Å²) in [5, 5.41) is 2.52. The average molecular weight is 256 g/mol. The second-order valence-electron chi connectivity index (χ2n) is 4.42. The van der Waals surface area contributed by atoms with E-state index in [0.717, 1.165) is 25.7 Å². The molecule has 17 heavy (non-hydrogen) atoms. The Balaban J connectivity index is 2.16. The van der Waals surface area contributed by atoms with Crippen molar-refractivity contribution >= 4 is 29.6 Å². The van der Waals surface area contributed by atoms with E-state index in [1.165, 1.54) is 4.90 Å². The Morgan fingerprint density at radius 2 is 1.94 bits per heavy atom. The fourth-order valence-corrected chi connectivity index (χ4v) is 3.52. The number of urea groups is 1. The first-order valence-electron chi connectivity index (χ1n) is 5.82. The van der Waals surface area contributed by atoms with Gasteiger partial charge < -0.3 is 0 Å². The van der Waals surface area contributed by atoms with Gasteiger partial charge in [0.2, 0.25) is 11.8 Å². The molecule has 0 radical (unpaired) electrons. The molecule has 1 heterocycles. The van der Waals surface area contributed by atoms with E-state index in [2.05, 4.69) is 5.32 Å². The number of carbonyl (C=O) groups excluding carboxylic acids is 3. The van der Waals surface area contributed by atoms with Crippen LogP contribution in [0.2, 0.25) is 0 Å². The zero-order valence-electron chi connectivity index (χ0n) is 9.77. The number of rotatable bonds is 2. The fraction of sp³-hybridized carbons (Fsp3) is 0.727. The minimum atomic E-state index is -0.544. The molecule has 2 atom stereocenters. The van der Waals surface area contributed by atoms with Crippen LogP contribution in [0.15, 0.2) is 0 Å². The lowest BCUT2D eigenvalue weighted by molar-refractivity contribution is -0.138. The van der Waals surface area contributed by atoms with Gasteiger partial charge in [0.25, 0.3) is 0 Å². The Bertz CT molecular complexity index is 339. The molecule has 0 aromatic carbocycles. The van der Waals surface area contributed by atoms with Crippen LogP contribution in [0.3, 0.4) is 0 Å². The Kier molecular flexibility index (Phi) is 3.71. The summed E-state index contributed by atoms with van der Waals surface area (Å²) in [6.07, 6.45) is 5.84. The quantitative estimate of drug-likeness (QED) is 0.752. The van der Waals surface area contributed by atoms with E-state index in [4.69, 9.17) is 0 Å². The molecule has 2 rings (SSSR count). The monoisotopic (exact) mass is 256 g/mol. The first kappa shape index (κ1) is 12.4. The number of imide groups is 2. The third-order valence-electron chi connectivity index (χ3n) is 3.35. The molecule has 2 unspecified atom stereocenters.